The van der Waals surface area contributed by atoms with Crippen LogP contribution >= 0.6 is 22.9 Å². The molecule has 3 rings (SSSR count). The predicted octanol–water partition coefficient (Wildman–Crippen LogP) is 4.60. The van der Waals surface area contributed by atoms with Crippen LogP contribution in [0.25, 0.3) is 11.3 Å². The van der Waals surface area contributed by atoms with Crippen LogP contribution in [-0.2, 0) is 19.1 Å². The molecule has 3 N–H and O–H groups in total. The summed E-state index contributed by atoms with van der Waals surface area (Å²) in [5.74, 6) is -0.340. The molecule has 0 aliphatic rings. The molecule has 1 amide bonds. The monoisotopic (exact) mass is 456 g/mol. The molecule has 0 saturated carbocycles. The maximum atomic E-state index is 12.9. The molecule has 1 unspecified atom stereocenters. The van der Waals surface area contributed by atoms with Gasteiger partial charge in [0.25, 0.3) is 5.91 Å². The number of nitrogens with zero attached hydrogens (tertiary/aromatic N) is 2. The molecular weight excluding hydrogens is 437 g/mol. The first-order valence-electron chi connectivity index (χ1n) is 9.20. The van der Waals surface area contributed by atoms with E-state index in [0.29, 0.717) is 22.0 Å². The molecule has 0 spiro atoms. The van der Waals surface area contributed by atoms with Gasteiger partial charge in [-0.25, -0.2) is 0 Å². The normalized spacial score (nSPS) is 12.7. The zero-order valence-electron chi connectivity index (χ0n) is 16.0. The van der Waals surface area contributed by atoms with Gasteiger partial charge in [-0.15, -0.1) is 11.3 Å². The van der Waals surface area contributed by atoms with Gasteiger partial charge in [0.15, 0.2) is 0 Å². The van der Waals surface area contributed by atoms with Crippen molar-refractivity contribution >= 4 is 28.8 Å². The van der Waals surface area contributed by atoms with E-state index in [1.54, 1.807) is 23.0 Å². The van der Waals surface area contributed by atoms with Gasteiger partial charge in [0.2, 0.25) is 0 Å². The molecule has 0 aliphatic carbocycles. The molecular formula is C20H20ClF3N4OS. The average Bonchev–Trinajstić information content (AvgIpc) is 3.33. The molecule has 160 valence electrons. The number of thiophene rings is 1. The predicted molar refractivity (Wildman–Crippen MR) is 112 cm³/mol. The first-order chi connectivity index (χ1) is 14.2. The third kappa shape index (κ3) is 5.03. The van der Waals surface area contributed by atoms with Crippen molar-refractivity contribution in [3.05, 3.63) is 62.9 Å². The quantitative estimate of drug-likeness (QED) is 0.545. The number of alkyl halides is 3. The van der Waals surface area contributed by atoms with Crippen LogP contribution in [0.15, 0.2) is 41.9 Å². The summed E-state index contributed by atoms with van der Waals surface area (Å²) >= 11 is 7.46. The first kappa shape index (κ1) is 22.3. The fourth-order valence-corrected chi connectivity index (χ4v) is 4.12. The number of carbonyl (C=O) groups excluding carboxylic acids is 1. The van der Waals surface area contributed by atoms with Gasteiger partial charge in [-0.05, 0) is 31.0 Å². The average molecular weight is 457 g/mol. The Morgan fingerprint density at radius 2 is 2.13 bits per heavy atom. The molecule has 2 aromatic heterocycles. The second-order valence-corrected chi connectivity index (χ2v) is 7.98. The van der Waals surface area contributed by atoms with Gasteiger partial charge >= 0.3 is 6.18 Å². The highest BCUT2D eigenvalue weighted by Crippen LogP contribution is 2.32. The molecule has 0 saturated heterocycles. The number of aromatic nitrogens is 2. The van der Waals surface area contributed by atoms with E-state index in [9.17, 15) is 18.0 Å². The van der Waals surface area contributed by atoms with Crippen molar-refractivity contribution in [3.63, 3.8) is 0 Å². The van der Waals surface area contributed by atoms with E-state index < -0.39 is 17.8 Å². The maximum absolute atomic E-state index is 12.9. The number of amides is 1. The lowest BCUT2D eigenvalue weighted by Crippen LogP contribution is -2.41. The largest absolute Gasteiger partial charge is 0.416 e. The fourth-order valence-electron chi connectivity index (χ4n) is 3.08. The zero-order valence-corrected chi connectivity index (χ0v) is 17.6. The number of benzene rings is 1. The summed E-state index contributed by atoms with van der Waals surface area (Å²) in [6.45, 7) is 2.66. The van der Waals surface area contributed by atoms with Crippen molar-refractivity contribution < 1.29 is 18.0 Å². The third-order valence-electron chi connectivity index (χ3n) is 4.55. The van der Waals surface area contributed by atoms with Gasteiger partial charge in [-0.2, -0.15) is 18.3 Å². The Bertz CT molecular complexity index is 1030. The summed E-state index contributed by atoms with van der Waals surface area (Å²) in [5.41, 5.74) is 6.98. The lowest BCUT2D eigenvalue weighted by Gasteiger charge is -2.17. The number of nitrogens with one attached hydrogen (secondary N) is 1. The van der Waals surface area contributed by atoms with Crippen LogP contribution in [0.5, 0.6) is 0 Å². The highest BCUT2D eigenvalue weighted by molar-refractivity contribution is 7.12. The van der Waals surface area contributed by atoms with Crippen molar-refractivity contribution in [2.24, 2.45) is 5.73 Å². The van der Waals surface area contributed by atoms with Gasteiger partial charge in [-0.1, -0.05) is 29.8 Å². The molecule has 30 heavy (non-hydrogen) atoms. The lowest BCUT2D eigenvalue weighted by molar-refractivity contribution is -0.137. The second-order valence-electron chi connectivity index (χ2n) is 6.66. The third-order valence-corrected chi connectivity index (χ3v) is 5.75. The first-order valence-corrected chi connectivity index (χ1v) is 10.5. The Kier molecular flexibility index (Phi) is 6.84. The number of carbonyl (C=O) groups is 1. The second kappa shape index (κ2) is 9.20. The standard InChI is InChI=1S/C20H20ClF3N4OS/c1-2-28-18(16(21)10-26-28)13-8-17(30-11-13)19(29)27-15(9-25)7-12-4-3-5-14(6-12)20(22,23)24/h3-6,8,10-11,15H,2,7,9,25H2,1H3,(H,27,29). The van der Waals surface area contributed by atoms with Gasteiger partial charge in [0, 0.05) is 30.1 Å². The number of aryl methyl sites for hydroxylation is 1. The Balaban J connectivity index is 1.72. The van der Waals surface area contributed by atoms with Crippen molar-refractivity contribution in [2.75, 3.05) is 6.54 Å². The lowest BCUT2D eigenvalue weighted by atomic mass is 10.0. The fraction of sp³-hybridized carbons (Fsp3) is 0.300. The van der Waals surface area contributed by atoms with Crippen LogP contribution in [0.4, 0.5) is 13.2 Å². The number of hydrogen-bond donors (Lipinski definition) is 2. The van der Waals surface area contributed by atoms with Crippen molar-refractivity contribution in [1.29, 1.82) is 0 Å². The van der Waals surface area contributed by atoms with Crippen LogP contribution in [0.2, 0.25) is 5.02 Å². The van der Waals surface area contributed by atoms with Crippen LogP contribution in [0.3, 0.4) is 0 Å². The zero-order chi connectivity index (χ0) is 21.9. The Morgan fingerprint density at radius 1 is 1.37 bits per heavy atom. The minimum Gasteiger partial charge on any atom is -0.347 e. The Hall–Kier alpha value is -2.36. The molecule has 0 radical (unpaired) electrons. The van der Waals surface area contributed by atoms with Gasteiger partial charge in [0.1, 0.15) is 0 Å². The van der Waals surface area contributed by atoms with Gasteiger partial charge < -0.3 is 11.1 Å². The molecule has 5 nitrogen and oxygen atoms in total. The van der Waals surface area contributed by atoms with Crippen molar-refractivity contribution in [3.8, 4) is 11.3 Å². The molecule has 0 fully saturated rings. The molecule has 3 aromatic rings. The molecule has 1 aromatic carbocycles. The topological polar surface area (TPSA) is 72.9 Å². The molecule has 2 heterocycles. The summed E-state index contributed by atoms with van der Waals surface area (Å²) in [6.07, 6.45) is -2.67. The van der Waals surface area contributed by atoms with Crippen LogP contribution in [-0.4, -0.2) is 28.3 Å². The van der Waals surface area contributed by atoms with E-state index >= 15 is 0 Å². The van der Waals surface area contributed by atoms with Crippen molar-refractivity contribution in [2.45, 2.75) is 32.1 Å². The Morgan fingerprint density at radius 3 is 2.80 bits per heavy atom. The van der Waals surface area contributed by atoms with Gasteiger partial charge in [0.05, 0.1) is 27.4 Å². The van der Waals surface area contributed by atoms with E-state index in [-0.39, 0.29) is 18.9 Å². The molecule has 1 atom stereocenters. The summed E-state index contributed by atoms with van der Waals surface area (Å²) < 4.78 is 40.5. The highest BCUT2D eigenvalue weighted by Gasteiger charge is 2.30. The summed E-state index contributed by atoms with van der Waals surface area (Å²) in [6, 6.07) is 6.23. The van der Waals surface area contributed by atoms with Crippen LogP contribution in [0.1, 0.15) is 27.7 Å². The summed E-state index contributed by atoms with van der Waals surface area (Å²) in [5, 5.41) is 9.30. The number of hydrogen-bond acceptors (Lipinski definition) is 4. The number of halogens is 4. The number of rotatable bonds is 7. The van der Waals surface area contributed by atoms with Crippen LogP contribution in [0, 0.1) is 0 Å². The van der Waals surface area contributed by atoms with Crippen LogP contribution < -0.4 is 11.1 Å². The molecule has 0 bridgehead atoms. The molecule has 0 aliphatic heterocycles. The van der Waals surface area contributed by atoms with E-state index in [0.717, 1.165) is 23.4 Å². The summed E-state index contributed by atoms with van der Waals surface area (Å²) in [7, 11) is 0. The number of nitrogens with two attached hydrogens (primary N) is 1. The minimum absolute atomic E-state index is 0.0919. The summed E-state index contributed by atoms with van der Waals surface area (Å²) in [4.78, 5) is 13.1. The maximum Gasteiger partial charge on any atom is 0.416 e. The minimum atomic E-state index is -4.42. The van der Waals surface area contributed by atoms with E-state index in [1.807, 2.05) is 12.3 Å². The SMILES string of the molecule is CCn1ncc(Cl)c1-c1csc(C(=O)NC(CN)Cc2cccc(C(F)(F)F)c2)c1. The van der Waals surface area contributed by atoms with E-state index in [2.05, 4.69) is 10.4 Å². The molecule has 10 heteroatoms. The van der Waals surface area contributed by atoms with E-state index in [4.69, 9.17) is 17.3 Å². The van der Waals surface area contributed by atoms with Crippen molar-refractivity contribution in [1.82, 2.24) is 15.1 Å². The van der Waals surface area contributed by atoms with Gasteiger partial charge in [-0.3, -0.25) is 9.48 Å². The smallest absolute Gasteiger partial charge is 0.347 e. The Labute approximate surface area is 180 Å². The van der Waals surface area contributed by atoms with E-state index in [1.165, 1.54) is 17.4 Å². The highest BCUT2D eigenvalue weighted by atomic mass is 35.5.